The van der Waals surface area contributed by atoms with Crippen molar-refractivity contribution in [1.29, 1.82) is 0 Å². The molecule has 0 fully saturated rings. The van der Waals surface area contributed by atoms with Gasteiger partial charge in [0.15, 0.2) is 0 Å². The third-order valence-electron chi connectivity index (χ3n) is 1.40. The van der Waals surface area contributed by atoms with Gasteiger partial charge in [-0.25, -0.2) is 0 Å². The molecule has 0 aliphatic rings. The number of hydrogen-bond acceptors (Lipinski definition) is 3. The number of carbonyl (C=O) groups excluding carboxylic acids is 1. The van der Waals surface area contributed by atoms with Crippen molar-refractivity contribution in [2.24, 2.45) is 11.5 Å². The molecule has 1 amide bonds. The van der Waals surface area contributed by atoms with Gasteiger partial charge in [-0.15, -0.1) is 12.3 Å². The number of nitrogens with two attached hydrogens (primary N) is 2. The summed E-state index contributed by atoms with van der Waals surface area (Å²) in [6.07, 6.45) is 6.67. The largest absolute Gasteiger partial charge is 0.368 e. The van der Waals surface area contributed by atoms with E-state index in [9.17, 15) is 4.79 Å². The molecular formula is C8H15N3O. The number of hydrogen-bond donors (Lipinski definition) is 3. The molecule has 0 aromatic carbocycles. The van der Waals surface area contributed by atoms with Crippen molar-refractivity contribution < 1.29 is 4.79 Å². The summed E-state index contributed by atoms with van der Waals surface area (Å²) in [5.41, 5.74) is 10.3. The first-order valence-electron chi connectivity index (χ1n) is 3.87. The minimum atomic E-state index is -0.601. The molecule has 0 bridgehead atoms. The average molecular weight is 169 g/mol. The third kappa shape index (κ3) is 5.71. The molecule has 0 aliphatic carbocycles. The van der Waals surface area contributed by atoms with Crippen LogP contribution in [0, 0.1) is 12.3 Å². The van der Waals surface area contributed by atoms with Gasteiger partial charge in [-0.1, -0.05) is 0 Å². The molecular weight excluding hydrogens is 154 g/mol. The number of primary amides is 1. The van der Waals surface area contributed by atoms with Gasteiger partial charge in [-0.2, -0.15) is 0 Å². The molecule has 0 spiro atoms. The summed E-state index contributed by atoms with van der Waals surface area (Å²) < 4.78 is 0. The average Bonchev–Trinajstić information content (AvgIpc) is 2.03. The van der Waals surface area contributed by atoms with Crippen LogP contribution in [0.5, 0.6) is 0 Å². The van der Waals surface area contributed by atoms with E-state index in [1.807, 2.05) is 0 Å². The Morgan fingerprint density at radius 3 is 2.83 bits per heavy atom. The lowest BCUT2D eigenvalue weighted by Crippen LogP contribution is -2.44. The summed E-state index contributed by atoms with van der Waals surface area (Å²) in [6, 6.07) is -0.601. The van der Waals surface area contributed by atoms with Crippen LogP contribution < -0.4 is 16.8 Å². The zero-order valence-corrected chi connectivity index (χ0v) is 7.05. The van der Waals surface area contributed by atoms with E-state index < -0.39 is 11.9 Å². The van der Waals surface area contributed by atoms with Gasteiger partial charge in [0.05, 0.1) is 6.04 Å². The SMILES string of the molecule is C#CCCCNCC(N)C(N)=O. The zero-order chi connectivity index (χ0) is 9.40. The fourth-order valence-corrected chi connectivity index (χ4v) is 0.674. The lowest BCUT2D eigenvalue weighted by Gasteiger charge is -2.07. The maximum Gasteiger partial charge on any atom is 0.235 e. The molecule has 1 unspecified atom stereocenters. The van der Waals surface area contributed by atoms with Gasteiger partial charge >= 0.3 is 0 Å². The van der Waals surface area contributed by atoms with Crippen LogP contribution in [-0.2, 0) is 4.79 Å². The minimum absolute atomic E-state index is 0.417. The topological polar surface area (TPSA) is 81.1 Å². The highest BCUT2D eigenvalue weighted by Crippen LogP contribution is 1.82. The Bertz CT molecular complexity index is 174. The molecule has 4 heteroatoms. The first-order chi connectivity index (χ1) is 5.68. The molecule has 1 atom stereocenters. The van der Waals surface area contributed by atoms with Crippen LogP contribution in [-0.4, -0.2) is 25.0 Å². The lowest BCUT2D eigenvalue weighted by atomic mass is 10.3. The molecule has 0 rings (SSSR count). The standard InChI is InChI=1S/C8H15N3O/c1-2-3-4-5-11-6-7(9)8(10)12/h1,7,11H,3-6,9H2,(H2,10,12). The molecule has 0 aromatic rings. The summed E-state index contributed by atoms with van der Waals surface area (Å²) in [5, 5.41) is 2.98. The van der Waals surface area contributed by atoms with Crippen molar-refractivity contribution in [3.8, 4) is 12.3 Å². The van der Waals surface area contributed by atoms with Crippen LogP contribution in [0.2, 0.25) is 0 Å². The molecule has 5 N–H and O–H groups in total. The van der Waals surface area contributed by atoms with Crippen molar-refractivity contribution in [3.63, 3.8) is 0 Å². The molecule has 68 valence electrons. The Labute approximate surface area is 72.7 Å². The Balaban J connectivity index is 3.21. The minimum Gasteiger partial charge on any atom is -0.368 e. The second-order valence-corrected chi connectivity index (χ2v) is 2.52. The molecule has 4 nitrogen and oxygen atoms in total. The van der Waals surface area contributed by atoms with Gasteiger partial charge in [0.2, 0.25) is 5.91 Å². The van der Waals surface area contributed by atoms with Crippen molar-refractivity contribution >= 4 is 5.91 Å². The summed E-state index contributed by atoms with van der Waals surface area (Å²) in [7, 11) is 0. The highest BCUT2D eigenvalue weighted by Gasteiger charge is 2.06. The third-order valence-corrected chi connectivity index (χ3v) is 1.40. The molecule has 0 saturated carbocycles. The van der Waals surface area contributed by atoms with E-state index in [1.54, 1.807) is 0 Å². The van der Waals surface area contributed by atoms with Crippen LogP contribution in [0.3, 0.4) is 0 Å². The Hall–Kier alpha value is -1.05. The number of unbranched alkanes of at least 4 members (excludes halogenated alkanes) is 1. The van der Waals surface area contributed by atoms with Gasteiger partial charge < -0.3 is 16.8 Å². The Morgan fingerprint density at radius 1 is 1.67 bits per heavy atom. The fourth-order valence-electron chi connectivity index (χ4n) is 0.674. The smallest absolute Gasteiger partial charge is 0.235 e. The Morgan fingerprint density at radius 2 is 2.33 bits per heavy atom. The highest BCUT2D eigenvalue weighted by atomic mass is 16.1. The lowest BCUT2D eigenvalue weighted by molar-refractivity contribution is -0.119. The van der Waals surface area contributed by atoms with Gasteiger partial charge in [0.1, 0.15) is 0 Å². The summed E-state index contributed by atoms with van der Waals surface area (Å²) in [5.74, 6) is 2.03. The summed E-state index contributed by atoms with van der Waals surface area (Å²) in [6.45, 7) is 1.19. The van der Waals surface area contributed by atoms with E-state index in [1.165, 1.54) is 0 Å². The number of terminal acetylenes is 1. The quantitative estimate of drug-likeness (QED) is 0.345. The number of rotatable bonds is 6. The maximum atomic E-state index is 10.4. The predicted molar refractivity (Wildman–Crippen MR) is 48.1 cm³/mol. The maximum absolute atomic E-state index is 10.4. The number of carbonyl (C=O) groups is 1. The predicted octanol–water partition coefficient (Wildman–Crippen LogP) is -1.20. The molecule has 0 saturated heterocycles. The second kappa shape index (κ2) is 6.65. The van der Waals surface area contributed by atoms with E-state index >= 15 is 0 Å². The monoisotopic (exact) mass is 169 g/mol. The van der Waals surface area contributed by atoms with E-state index in [-0.39, 0.29) is 0 Å². The van der Waals surface area contributed by atoms with Gasteiger partial charge in [-0.05, 0) is 13.0 Å². The molecule has 0 radical (unpaired) electrons. The highest BCUT2D eigenvalue weighted by molar-refractivity contribution is 5.79. The van der Waals surface area contributed by atoms with Gasteiger partial charge in [-0.3, -0.25) is 4.79 Å². The van der Waals surface area contributed by atoms with Crippen LogP contribution in [0.1, 0.15) is 12.8 Å². The van der Waals surface area contributed by atoms with Crippen LogP contribution in [0.25, 0.3) is 0 Å². The molecule has 0 heterocycles. The van der Waals surface area contributed by atoms with E-state index in [0.29, 0.717) is 6.54 Å². The normalized spacial score (nSPS) is 12.0. The van der Waals surface area contributed by atoms with Gasteiger partial charge in [0.25, 0.3) is 0 Å². The first-order valence-corrected chi connectivity index (χ1v) is 3.87. The van der Waals surface area contributed by atoms with Gasteiger partial charge in [0, 0.05) is 13.0 Å². The van der Waals surface area contributed by atoms with Crippen LogP contribution in [0.15, 0.2) is 0 Å². The fraction of sp³-hybridized carbons (Fsp3) is 0.625. The Kier molecular flexibility index (Phi) is 6.07. The van der Waals surface area contributed by atoms with E-state index in [2.05, 4.69) is 11.2 Å². The van der Waals surface area contributed by atoms with Crippen LogP contribution in [0.4, 0.5) is 0 Å². The summed E-state index contributed by atoms with van der Waals surface area (Å²) in [4.78, 5) is 10.4. The summed E-state index contributed by atoms with van der Waals surface area (Å²) >= 11 is 0. The van der Waals surface area contributed by atoms with E-state index in [4.69, 9.17) is 17.9 Å². The molecule has 0 aliphatic heterocycles. The van der Waals surface area contributed by atoms with Crippen molar-refractivity contribution in [3.05, 3.63) is 0 Å². The van der Waals surface area contributed by atoms with Crippen molar-refractivity contribution in [1.82, 2.24) is 5.32 Å². The second-order valence-electron chi connectivity index (χ2n) is 2.52. The number of amides is 1. The van der Waals surface area contributed by atoms with Crippen molar-refractivity contribution in [2.45, 2.75) is 18.9 Å². The zero-order valence-electron chi connectivity index (χ0n) is 7.05. The molecule has 12 heavy (non-hydrogen) atoms. The van der Waals surface area contributed by atoms with Crippen LogP contribution >= 0.6 is 0 Å². The van der Waals surface area contributed by atoms with E-state index in [0.717, 1.165) is 19.4 Å². The molecule has 0 aromatic heterocycles. The first kappa shape index (κ1) is 11.0. The van der Waals surface area contributed by atoms with Crippen molar-refractivity contribution in [2.75, 3.05) is 13.1 Å². The number of nitrogens with one attached hydrogen (secondary N) is 1.